The van der Waals surface area contributed by atoms with Gasteiger partial charge in [0.15, 0.2) is 0 Å². The third-order valence-corrected chi connectivity index (χ3v) is 5.39. The third-order valence-electron chi connectivity index (χ3n) is 5.39. The van der Waals surface area contributed by atoms with E-state index in [-0.39, 0.29) is 17.2 Å². The SMILES string of the molecule is CCC(=O)Nc1cccc(C(=O)N2C[C@]3(C)C[C@H]2CC(C)(C)C3)c1. The molecule has 24 heavy (non-hydrogen) atoms. The molecule has 1 N–H and O–H groups in total. The lowest BCUT2D eigenvalue weighted by Crippen LogP contribution is -2.37. The van der Waals surface area contributed by atoms with Crippen LogP contribution in [0.5, 0.6) is 0 Å². The van der Waals surface area contributed by atoms with E-state index in [4.69, 9.17) is 0 Å². The second kappa shape index (κ2) is 5.91. The zero-order valence-electron chi connectivity index (χ0n) is 15.2. The molecule has 1 saturated heterocycles. The van der Waals surface area contributed by atoms with Crippen molar-refractivity contribution < 1.29 is 9.59 Å². The number of likely N-dealkylation sites (tertiary alicyclic amines) is 1. The lowest BCUT2D eigenvalue weighted by molar-refractivity contribution is -0.115. The number of hydrogen-bond donors (Lipinski definition) is 1. The summed E-state index contributed by atoms with van der Waals surface area (Å²) in [5.41, 5.74) is 1.89. The van der Waals surface area contributed by atoms with E-state index >= 15 is 0 Å². The van der Waals surface area contributed by atoms with Crippen LogP contribution in [-0.4, -0.2) is 29.3 Å². The summed E-state index contributed by atoms with van der Waals surface area (Å²) in [4.78, 5) is 26.7. The number of amides is 2. The van der Waals surface area contributed by atoms with Gasteiger partial charge in [-0.25, -0.2) is 0 Å². The van der Waals surface area contributed by atoms with E-state index in [1.165, 1.54) is 6.42 Å². The minimum Gasteiger partial charge on any atom is -0.335 e. The van der Waals surface area contributed by atoms with Gasteiger partial charge in [-0.3, -0.25) is 9.59 Å². The fourth-order valence-corrected chi connectivity index (χ4v) is 4.84. The van der Waals surface area contributed by atoms with Crippen molar-refractivity contribution in [2.24, 2.45) is 10.8 Å². The van der Waals surface area contributed by atoms with E-state index in [1.54, 1.807) is 6.07 Å². The van der Waals surface area contributed by atoms with Gasteiger partial charge < -0.3 is 10.2 Å². The molecule has 1 aliphatic heterocycles. The second-order valence-electron chi connectivity index (χ2n) is 8.63. The standard InChI is InChI=1S/C20H28N2O2/c1-5-17(23)21-15-8-6-7-14(9-15)18(24)22-13-20(4)11-16(22)10-19(2,3)12-20/h6-9,16H,5,10-13H2,1-4H3,(H,21,23)/t16-,20-/m1/s1. The van der Waals surface area contributed by atoms with Crippen LogP contribution < -0.4 is 5.32 Å². The van der Waals surface area contributed by atoms with E-state index in [0.29, 0.717) is 29.1 Å². The molecule has 1 aliphatic carbocycles. The first-order valence-electron chi connectivity index (χ1n) is 8.92. The quantitative estimate of drug-likeness (QED) is 0.909. The molecule has 2 fully saturated rings. The summed E-state index contributed by atoms with van der Waals surface area (Å²) in [5.74, 6) is 0.0555. The maximum absolute atomic E-state index is 13.1. The average molecular weight is 328 g/mol. The Morgan fingerprint density at radius 2 is 2.00 bits per heavy atom. The molecular weight excluding hydrogens is 300 g/mol. The van der Waals surface area contributed by atoms with Crippen molar-refractivity contribution in [2.75, 3.05) is 11.9 Å². The van der Waals surface area contributed by atoms with Crippen LogP contribution in [0.2, 0.25) is 0 Å². The highest BCUT2D eigenvalue weighted by molar-refractivity contribution is 5.97. The van der Waals surface area contributed by atoms with Crippen molar-refractivity contribution in [3.8, 4) is 0 Å². The van der Waals surface area contributed by atoms with Crippen molar-refractivity contribution in [3.05, 3.63) is 29.8 Å². The van der Waals surface area contributed by atoms with E-state index < -0.39 is 0 Å². The van der Waals surface area contributed by atoms with Crippen LogP contribution in [0.15, 0.2) is 24.3 Å². The molecule has 130 valence electrons. The maximum Gasteiger partial charge on any atom is 0.254 e. The summed E-state index contributed by atoms with van der Waals surface area (Å²) in [6.45, 7) is 9.59. The molecule has 4 heteroatoms. The molecule has 1 heterocycles. The van der Waals surface area contributed by atoms with Crippen LogP contribution in [0.4, 0.5) is 5.69 Å². The molecule has 4 nitrogen and oxygen atoms in total. The highest BCUT2D eigenvalue weighted by Crippen LogP contribution is 2.52. The Balaban J connectivity index is 1.80. The van der Waals surface area contributed by atoms with Crippen molar-refractivity contribution >= 4 is 17.5 Å². The Bertz CT molecular complexity index is 667. The number of benzene rings is 1. The average Bonchev–Trinajstić information content (AvgIpc) is 2.75. The van der Waals surface area contributed by atoms with Gasteiger partial charge in [0.2, 0.25) is 5.91 Å². The lowest BCUT2D eigenvalue weighted by atomic mass is 9.65. The predicted octanol–water partition coefficient (Wildman–Crippen LogP) is 4.08. The summed E-state index contributed by atoms with van der Waals surface area (Å²) in [5, 5.41) is 2.83. The van der Waals surface area contributed by atoms with Gasteiger partial charge in [0.1, 0.15) is 0 Å². The fraction of sp³-hybridized carbons (Fsp3) is 0.600. The van der Waals surface area contributed by atoms with Gasteiger partial charge in [0, 0.05) is 30.3 Å². The Morgan fingerprint density at radius 3 is 2.71 bits per heavy atom. The van der Waals surface area contributed by atoms with Crippen LogP contribution in [-0.2, 0) is 4.79 Å². The third kappa shape index (κ3) is 3.33. The van der Waals surface area contributed by atoms with E-state index in [1.807, 2.05) is 25.1 Å². The molecule has 2 atom stereocenters. The first kappa shape index (κ1) is 17.0. The highest BCUT2D eigenvalue weighted by Gasteiger charge is 2.50. The summed E-state index contributed by atoms with van der Waals surface area (Å²) in [6, 6.07) is 7.65. The zero-order chi connectivity index (χ0) is 17.5. The van der Waals surface area contributed by atoms with Gasteiger partial charge in [-0.1, -0.05) is 33.8 Å². The maximum atomic E-state index is 13.1. The predicted molar refractivity (Wildman–Crippen MR) is 95.9 cm³/mol. The largest absolute Gasteiger partial charge is 0.335 e. The zero-order valence-corrected chi connectivity index (χ0v) is 15.2. The molecule has 1 saturated carbocycles. The summed E-state index contributed by atoms with van der Waals surface area (Å²) in [7, 11) is 0. The summed E-state index contributed by atoms with van der Waals surface area (Å²) in [6.07, 6.45) is 3.78. The molecule has 2 amide bonds. The lowest BCUT2D eigenvalue weighted by Gasteiger charge is -2.39. The number of rotatable bonds is 3. The molecule has 1 aromatic carbocycles. The second-order valence-corrected chi connectivity index (χ2v) is 8.63. The van der Waals surface area contributed by atoms with Crippen LogP contribution in [0.25, 0.3) is 0 Å². The van der Waals surface area contributed by atoms with E-state index in [9.17, 15) is 9.59 Å². The van der Waals surface area contributed by atoms with Gasteiger partial charge in [-0.15, -0.1) is 0 Å². The van der Waals surface area contributed by atoms with Gasteiger partial charge >= 0.3 is 0 Å². The summed E-state index contributed by atoms with van der Waals surface area (Å²) >= 11 is 0. The van der Waals surface area contributed by atoms with Gasteiger partial charge in [-0.05, 0) is 48.3 Å². The Labute approximate surface area is 144 Å². The number of carbonyl (C=O) groups is 2. The van der Waals surface area contributed by atoms with Crippen LogP contribution in [0.3, 0.4) is 0 Å². The number of hydrogen-bond acceptors (Lipinski definition) is 2. The van der Waals surface area contributed by atoms with E-state index in [0.717, 1.165) is 19.4 Å². The smallest absolute Gasteiger partial charge is 0.254 e. The molecule has 0 spiro atoms. The number of fused-ring (bicyclic) bond motifs is 2. The summed E-state index contributed by atoms with van der Waals surface area (Å²) < 4.78 is 0. The van der Waals surface area contributed by atoms with Crippen molar-refractivity contribution in [1.29, 1.82) is 0 Å². The molecule has 2 bridgehead atoms. The van der Waals surface area contributed by atoms with Gasteiger partial charge in [-0.2, -0.15) is 0 Å². The topological polar surface area (TPSA) is 49.4 Å². The molecule has 0 unspecified atom stereocenters. The first-order chi connectivity index (χ1) is 11.2. The normalized spacial score (nSPS) is 27.8. The molecule has 2 aliphatic rings. The van der Waals surface area contributed by atoms with Crippen molar-refractivity contribution in [2.45, 2.75) is 59.4 Å². The fourth-order valence-electron chi connectivity index (χ4n) is 4.84. The number of nitrogens with one attached hydrogen (secondary N) is 1. The number of carbonyl (C=O) groups excluding carboxylic acids is 2. The Morgan fingerprint density at radius 1 is 1.25 bits per heavy atom. The van der Waals surface area contributed by atoms with Gasteiger partial charge in [0.25, 0.3) is 5.91 Å². The van der Waals surface area contributed by atoms with Crippen LogP contribution in [0.1, 0.15) is 63.7 Å². The molecule has 3 rings (SSSR count). The minimum absolute atomic E-state index is 0.0362. The molecule has 0 radical (unpaired) electrons. The van der Waals surface area contributed by atoms with Crippen LogP contribution >= 0.6 is 0 Å². The molecule has 1 aromatic rings. The monoisotopic (exact) mass is 328 g/mol. The van der Waals surface area contributed by atoms with E-state index in [2.05, 4.69) is 31.0 Å². The van der Waals surface area contributed by atoms with Crippen LogP contribution in [0, 0.1) is 10.8 Å². The molecule has 0 aromatic heterocycles. The van der Waals surface area contributed by atoms with Crippen molar-refractivity contribution in [3.63, 3.8) is 0 Å². The Hall–Kier alpha value is -1.84. The number of anilines is 1. The molecular formula is C20H28N2O2. The minimum atomic E-state index is -0.0362. The highest BCUT2D eigenvalue weighted by atomic mass is 16.2. The van der Waals surface area contributed by atoms with Crippen molar-refractivity contribution in [1.82, 2.24) is 4.90 Å². The number of nitrogens with zero attached hydrogens (tertiary/aromatic N) is 1. The first-order valence-corrected chi connectivity index (χ1v) is 8.92. The Kier molecular flexibility index (Phi) is 4.18. The van der Waals surface area contributed by atoms with Gasteiger partial charge in [0.05, 0.1) is 0 Å².